The molecule has 108 valence electrons. The average Bonchev–Trinajstić information content (AvgIpc) is 2.49. The smallest absolute Gasteiger partial charge is 0.137 e. The van der Waals surface area contributed by atoms with E-state index in [4.69, 9.17) is 22.0 Å². The van der Waals surface area contributed by atoms with Gasteiger partial charge in [0.2, 0.25) is 0 Å². The minimum atomic E-state index is -0.730. The Morgan fingerprint density at radius 3 is 2.81 bits per heavy atom. The number of nitriles is 2. The van der Waals surface area contributed by atoms with Crippen LogP contribution in [0.3, 0.4) is 0 Å². The number of aliphatic hydroxyl groups excluding tert-OH is 1. The van der Waals surface area contributed by atoms with Crippen LogP contribution in [0.15, 0.2) is 57.1 Å². The zero-order chi connectivity index (χ0) is 15.8. The molecule has 0 heterocycles. The van der Waals surface area contributed by atoms with Gasteiger partial charge in [0.15, 0.2) is 0 Å². The van der Waals surface area contributed by atoms with Crippen molar-refractivity contribution >= 4 is 0 Å². The second kappa shape index (κ2) is 7.63. The predicted molar refractivity (Wildman–Crippen MR) is 77.3 cm³/mol. The van der Waals surface area contributed by atoms with Crippen molar-refractivity contribution in [2.45, 2.75) is 25.6 Å². The van der Waals surface area contributed by atoms with E-state index in [-0.39, 0.29) is 17.5 Å². The molecule has 2 atom stereocenters. The molecule has 0 fully saturated rings. The van der Waals surface area contributed by atoms with E-state index in [0.29, 0.717) is 17.6 Å². The molecule has 21 heavy (non-hydrogen) atoms. The van der Waals surface area contributed by atoms with Crippen LogP contribution in [0.2, 0.25) is 0 Å². The van der Waals surface area contributed by atoms with Crippen LogP contribution in [0, 0.1) is 22.7 Å². The minimum Gasteiger partial charge on any atom is -0.506 e. The fraction of sp³-hybridized carbons (Fsp3) is 0.286. The van der Waals surface area contributed by atoms with E-state index in [0.717, 1.165) is 0 Å². The standard InChI is InChI=1S/C14H16N6O/c1-9(17)13(21)4-5-14(18)20-19-12-3-2-10(7-15)11(6-12)8-16/h2-5,12,14,21H,6,17-18H2,1H3/b5-4-,13-9-,20-19?. The van der Waals surface area contributed by atoms with Gasteiger partial charge in [-0.3, -0.25) is 0 Å². The van der Waals surface area contributed by atoms with E-state index < -0.39 is 6.17 Å². The zero-order valence-corrected chi connectivity index (χ0v) is 11.6. The Bertz CT molecular complexity index is 623. The first-order valence-corrected chi connectivity index (χ1v) is 6.18. The first-order valence-electron chi connectivity index (χ1n) is 6.18. The molecule has 0 amide bonds. The first-order chi connectivity index (χ1) is 9.97. The van der Waals surface area contributed by atoms with Crippen molar-refractivity contribution in [2.75, 3.05) is 0 Å². The fourth-order valence-corrected chi connectivity index (χ4v) is 1.51. The average molecular weight is 284 g/mol. The van der Waals surface area contributed by atoms with E-state index >= 15 is 0 Å². The summed E-state index contributed by atoms with van der Waals surface area (Å²) in [6.45, 7) is 1.56. The molecule has 7 heteroatoms. The van der Waals surface area contributed by atoms with Crippen molar-refractivity contribution in [3.8, 4) is 12.1 Å². The summed E-state index contributed by atoms with van der Waals surface area (Å²) in [6.07, 6.45) is 5.64. The van der Waals surface area contributed by atoms with Crippen LogP contribution in [-0.2, 0) is 0 Å². The van der Waals surface area contributed by atoms with Crippen LogP contribution in [0.5, 0.6) is 0 Å². The van der Waals surface area contributed by atoms with Crippen molar-refractivity contribution in [1.82, 2.24) is 0 Å². The molecule has 0 aromatic rings. The molecule has 7 nitrogen and oxygen atoms in total. The highest BCUT2D eigenvalue weighted by Crippen LogP contribution is 2.20. The second-order valence-electron chi connectivity index (χ2n) is 4.40. The van der Waals surface area contributed by atoms with Gasteiger partial charge in [-0.05, 0) is 25.2 Å². The number of azo groups is 1. The van der Waals surface area contributed by atoms with Crippen molar-refractivity contribution in [3.63, 3.8) is 0 Å². The van der Waals surface area contributed by atoms with Crippen molar-refractivity contribution in [2.24, 2.45) is 21.7 Å². The van der Waals surface area contributed by atoms with Gasteiger partial charge in [-0.15, -0.1) is 0 Å². The third-order valence-electron chi connectivity index (χ3n) is 2.68. The molecule has 0 saturated carbocycles. The van der Waals surface area contributed by atoms with Gasteiger partial charge in [0, 0.05) is 17.7 Å². The summed E-state index contributed by atoms with van der Waals surface area (Å²) in [5.41, 5.74) is 12.1. The maximum absolute atomic E-state index is 9.37. The molecular formula is C14H16N6O. The SMILES string of the molecule is C/C(N)=C(O)\C=C/C(N)N=NC1C=CC(C#N)=C(C#N)C1. The van der Waals surface area contributed by atoms with Gasteiger partial charge < -0.3 is 16.6 Å². The Morgan fingerprint density at radius 1 is 1.52 bits per heavy atom. The molecule has 0 radical (unpaired) electrons. The molecule has 1 aliphatic rings. The van der Waals surface area contributed by atoms with Crippen molar-refractivity contribution in [1.29, 1.82) is 10.5 Å². The van der Waals surface area contributed by atoms with E-state index in [2.05, 4.69) is 10.2 Å². The minimum absolute atomic E-state index is 0.0772. The number of nitrogens with two attached hydrogens (primary N) is 2. The van der Waals surface area contributed by atoms with Crippen LogP contribution in [0.4, 0.5) is 0 Å². The van der Waals surface area contributed by atoms with Gasteiger partial charge in [0.05, 0.1) is 17.7 Å². The predicted octanol–water partition coefficient (Wildman–Crippen LogP) is 1.70. The highest BCUT2D eigenvalue weighted by molar-refractivity contribution is 5.47. The number of hydrogen-bond donors (Lipinski definition) is 3. The lowest BCUT2D eigenvalue weighted by Gasteiger charge is -2.11. The molecule has 0 aliphatic heterocycles. The second-order valence-corrected chi connectivity index (χ2v) is 4.40. The summed E-state index contributed by atoms with van der Waals surface area (Å²) in [5.74, 6) is -0.0772. The number of hydrogen-bond acceptors (Lipinski definition) is 7. The third-order valence-corrected chi connectivity index (χ3v) is 2.68. The van der Waals surface area contributed by atoms with Crippen molar-refractivity contribution in [3.05, 3.63) is 46.9 Å². The summed E-state index contributed by atoms with van der Waals surface area (Å²) < 4.78 is 0. The van der Waals surface area contributed by atoms with Crippen molar-refractivity contribution < 1.29 is 5.11 Å². The van der Waals surface area contributed by atoms with Crippen LogP contribution < -0.4 is 11.5 Å². The van der Waals surface area contributed by atoms with Crippen LogP contribution in [0.1, 0.15) is 13.3 Å². The highest BCUT2D eigenvalue weighted by Gasteiger charge is 2.15. The molecule has 2 unspecified atom stereocenters. The third kappa shape index (κ3) is 4.94. The van der Waals surface area contributed by atoms with E-state index in [1.165, 1.54) is 12.2 Å². The van der Waals surface area contributed by atoms with Crippen LogP contribution in [0.25, 0.3) is 0 Å². The Morgan fingerprint density at radius 2 is 2.24 bits per heavy atom. The Kier molecular flexibility index (Phi) is 5.87. The first kappa shape index (κ1) is 16.2. The van der Waals surface area contributed by atoms with Gasteiger partial charge in [0.1, 0.15) is 18.0 Å². The molecule has 0 bridgehead atoms. The van der Waals surface area contributed by atoms with Gasteiger partial charge in [-0.2, -0.15) is 20.8 Å². The fourth-order valence-electron chi connectivity index (χ4n) is 1.51. The number of rotatable bonds is 4. The van der Waals surface area contributed by atoms with Gasteiger partial charge in [-0.1, -0.05) is 6.08 Å². The lowest BCUT2D eigenvalue weighted by molar-refractivity contribution is 0.424. The molecule has 0 saturated heterocycles. The normalized spacial score (nSPS) is 21.2. The number of nitrogens with zero attached hydrogens (tertiary/aromatic N) is 4. The maximum Gasteiger partial charge on any atom is 0.137 e. The molecule has 0 spiro atoms. The molecule has 1 rings (SSSR count). The van der Waals surface area contributed by atoms with E-state index in [1.54, 1.807) is 19.1 Å². The van der Waals surface area contributed by atoms with E-state index in [9.17, 15) is 5.11 Å². The summed E-state index contributed by atoms with van der Waals surface area (Å²) in [5, 5.41) is 35.0. The Balaban J connectivity index is 2.67. The summed E-state index contributed by atoms with van der Waals surface area (Å²) in [4.78, 5) is 0. The Labute approximate surface area is 122 Å². The lowest BCUT2D eigenvalue weighted by Crippen LogP contribution is -2.15. The quantitative estimate of drug-likeness (QED) is 0.408. The molecule has 1 aliphatic carbocycles. The topological polar surface area (TPSA) is 145 Å². The maximum atomic E-state index is 9.37. The van der Waals surface area contributed by atoms with Crippen LogP contribution >= 0.6 is 0 Å². The van der Waals surface area contributed by atoms with E-state index in [1.807, 2.05) is 12.1 Å². The van der Waals surface area contributed by atoms with Crippen LogP contribution in [-0.4, -0.2) is 17.3 Å². The molecular weight excluding hydrogens is 268 g/mol. The number of allylic oxidation sites excluding steroid dienone is 4. The lowest BCUT2D eigenvalue weighted by atomic mass is 9.96. The monoisotopic (exact) mass is 284 g/mol. The number of aliphatic hydroxyl groups is 1. The van der Waals surface area contributed by atoms with Gasteiger partial charge in [0.25, 0.3) is 0 Å². The summed E-state index contributed by atoms with van der Waals surface area (Å²) in [7, 11) is 0. The molecule has 5 N–H and O–H groups in total. The molecule has 0 aromatic carbocycles. The highest BCUT2D eigenvalue weighted by atomic mass is 16.3. The Hall–Kier alpha value is -2.90. The van der Waals surface area contributed by atoms with Gasteiger partial charge >= 0.3 is 0 Å². The summed E-state index contributed by atoms with van der Waals surface area (Å²) in [6, 6.07) is 3.61. The zero-order valence-electron chi connectivity index (χ0n) is 11.6. The largest absolute Gasteiger partial charge is 0.506 e. The van der Waals surface area contributed by atoms with Gasteiger partial charge in [-0.25, -0.2) is 0 Å². The summed E-state index contributed by atoms with van der Waals surface area (Å²) >= 11 is 0. The molecule has 0 aromatic heterocycles.